The zero-order valence-electron chi connectivity index (χ0n) is 16.1. The van der Waals surface area contributed by atoms with E-state index in [2.05, 4.69) is 10.3 Å². The molecule has 0 unspecified atom stereocenters. The van der Waals surface area contributed by atoms with Crippen molar-refractivity contribution in [3.8, 4) is 0 Å². The van der Waals surface area contributed by atoms with E-state index in [1.165, 1.54) is 40.5 Å². The fourth-order valence-corrected chi connectivity index (χ4v) is 3.16. The number of rotatable bonds is 5. The standard InChI is InChI=1S/C20H17F3N4O4/c21-20(22,23)15-6-2-1-4-13(15)11-26-7-8-27-12-16(31-19(27)25-18(26)29)17(28)24-10-14-5-3-9-30-14/h1-6,9,12H,7-8,10-11H2,(H,24,28). The summed E-state index contributed by atoms with van der Waals surface area (Å²) >= 11 is 0. The molecule has 0 saturated carbocycles. The number of benzene rings is 1. The maximum Gasteiger partial charge on any atom is 0.416 e. The molecule has 1 aromatic heterocycles. The molecule has 2 aliphatic heterocycles. The van der Waals surface area contributed by atoms with Crippen LogP contribution in [0.25, 0.3) is 0 Å². The molecule has 0 bridgehead atoms. The zero-order chi connectivity index (χ0) is 22.0. The van der Waals surface area contributed by atoms with E-state index in [-0.39, 0.29) is 43.5 Å². The Morgan fingerprint density at radius 1 is 1.16 bits per heavy atom. The molecule has 1 aromatic carbocycles. The minimum absolute atomic E-state index is 0.0277. The maximum absolute atomic E-state index is 13.2. The second-order valence-electron chi connectivity index (χ2n) is 6.80. The van der Waals surface area contributed by atoms with E-state index in [0.29, 0.717) is 5.76 Å². The van der Waals surface area contributed by atoms with Crippen molar-refractivity contribution in [1.82, 2.24) is 15.1 Å². The van der Waals surface area contributed by atoms with Gasteiger partial charge in [0.05, 0.1) is 24.6 Å². The summed E-state index contributed by atoms with van der Waals surface area (Å²) in [6.45, 7) is 0.205. The van der Waals surface area contributed by atoms with Gasteiger partial charge in [-0.1, -0.05) is 18.2 Å². The molecule has 0 saturated heterocycles. The number of carbonyl (C=O) groups excluding carboxylic acids is 2. The van der Waals surface area contributed by atoms with Crippen molar-refractivity contribution in [2.45, 2.75) is 19.3 Å². The second kappa shape index (κ2) is 8.17. The lowest BCUT2D eigenvalue weighted by Gasteiger charge is -2.21. The molecule has 8 nitrogen and oxygen atoms in total. The molecule has 4 rings (SSSR count). The Morgan fingerprint density at radius 2 is 1.97 bits per heavy atom. The van der Waals surface area contributed by atoms with Crippen molar-refractivity contribution in [1.29, 1.82) is 0 Å². The highest BCUT2D eigenvalue weighted by Crippen LogP contribution is 2.32. The summed E-state index contributed by atoms with van der Waals surface area (Å²) < 4.78 is 50.2. The smallest absolute Gasteiger partial charge is 0.416 e. The Kier molecular flexibility index (Phi) is 5.40. The van der Waals surface area contributed by atoms with Crippen molar-refractivity contribution < 1.29 is 31.9 Å². The number of aliphatic imine (C=N–C) groups is 1. The molecule has 2 aliphatic rings. The summed E-state index contributed by atoms with van der Waals surface area (Å²) in [5.74, 6) is -0.00618. The lowest BCUT2D eigenvalue weighted by molar-refractivity contribution is -0.138. The van der Waals surface area contributed by atoms with Crippen LogP contribution in [-0.2, 0) is 28.8 Å². The van der Waals surface area contributed by atoms with Gasteiger partial charge in [-0.2, -0.15) is 13.2 Å². The minimum Gasteiger partial charge on any atom is -0.467 e. The van der Waals surface area contributed by atoms with Gasteiger partial charge >= 0.3 is 18.2 Å². The molecule has 0 atom stereocenters. The monoisotopic (exact) mass is 434 g/mol. The van der Waals surface area contributed by atoms with Crippen LogP contribution in [0.2, 0.25) is 0 Å². The number of alkyl halides is 3. The molecule has 0 fully saturated rings. The molecular formula is C20H17F3N4O4. The van der Waals surface area contributed by atoms with Gasteiger partial charge in [-0.15, -0.1) is 4.99 Å². The molecule has 3 amide bonds. The van der Waals surface area contributed by atoms with Crippen LogP contribution in [0.5, 0.6) is 0 Å². The first kappa shape index (κ1) is 20.5. The Hall–Kier alpha value is -3.76. The largest absolute Gasteiger partial charge is 0.467 e. The summed E-state index contributed by atoms with van der Waals surface area (Å²) in [7, 11) is 0. The first-order chi connectivity index (χ1) is 14.8. The van der Waals surface area contributed by atoms with Gasteiger partial charge in [0.1, 0.15) is 5.76 Å². The highest BCUT2D eigenvalue weighted by atomic mass is 19.4. The van der Waals surface area contributed by atoms with Crippen molar-refractivity contribution >= 4 is 18.0 Å². The molecule has 1 N–H and O–H groups in total. The molecule has 0 spiro atoms. The fraction of sp³-hybridized carbons (Fsp3) is 0.250. The normalized spacial score (nSPS) is 16.3. The Balaban J connectivity index is 1.42. The van der Waals surface area contributed by atoms with Crippen LogP contribution in [0.15, 0.2) is 64.0 Å². The van der Waals surface area contributed by atoms with Crippen LogP contribution in [0, 0.1) is 0 Å². The number of amides is 3. The number of nitrogens with zero attached hydrogens (tertiary/aromatic N) is 3. The van der Waals surface area contributed by atoms with Crippen molar-refractivity contribution in [3.05, 3.63) is 71.5 Å². The predicted octanol–water partition coefficient (Wildman–Crippen LogP) is 3.08. The Bertz CT molecular complexity index is 1050. The molecule has 2 aromatic rings. The third kappa shape index (κ3) is 4.55. The van der Waals surface area contributed by atoms with E-state index >= 15 is 0 Å². The predicted molar refractivity (Wildman–Crippen MR) is 101 cm³/mol. The number of urea groups is 1. The molecule has 3 heterocycles. The molecule has 31 heavy (non-hydrogen) atoms. The van der Waals surface area contributed by atoms with Crippen molar-refractivity contribution in [3.63, 3.8) is 0 Å². The average Bonchev–Trinajstić information content (AvgIpc) is 3.36. The maximum atomic E-state index is 13.2. The molecular weight excluding hydrogens is 417 g/mol. The highest BCUT2D eigenvalue weighted by molar-refractivity contribution is 5.99. The number of nitrogens with one attached hydrogen (secondary N) is 1. The number of halogens is 3. The third-order valence-electron chi connectivity index (χ3n) is 4.70. The van der Waals surface area contributed by atoms with E-state index in [4.69, 9.17) is 9.15 Å². The zero-order valence-corrected chi connectivity index (χ0v) is 16.1. The number of fused-ring (bicyclic) bond motifs is 1. The lowest BCUT2D eigenvalue weighted by Crippen LogP contribution is -2.32. The van der Waals surface area contributed by atoms with Gasteiger partial charge < -0.3 is 19.4 Å². The van der Waals surface area contributed by atoms with Crippen molar-refractivity contribution in [2.24, 2.45) is 4.99 Å². The van der Waals surface area contributed by atoms with Gasteiger partial charge in [0.15, 0.2) is 0 Å². The lowest BCUT2D eigenvalue weighted by atomic mass is 10.1. The SMILES string of the molecule is O=C(NCc1ccco1)C1=CN2CCN(Cc3ccccc3C(F)(F)F)C(=O)N=C2O1. The summed E-state index contributed by atoms with van der Waals surface area (Å²) in [4.78, 5) is 31.2. The van der Waals surface area contributed by atoms with E-state index in [1.54, 1.807) is 12.1 Å². The minimum atomic E-state index is -4.53. The fourth-order valence-electron chi connectivity index (χ4n) is 3.16. The summed E-state index contributed by atoms with van der Waals surface area (Å²) in [6, 6.07) is 7.62. The Morgan fingerprint density at radius 3 is 2.71 bits per heavy atom. The number of carbonyl (C=O) groups is 2. The first-order valence-corrected chi connectivity index (χ1v) is 9.31. The van der Waals surface area contributed by atoms with E-state index in [1.807, 2.05) is 0 Å². The van der Waals surface area contributed by atoms with Crippen molar-refractivity contribution in [2.75, 3.05) is 13.1 Å². The highest BCUT2D eigenvalue weighted by Gasteiger charge is 2.35. The summed E-state index contributed by atoms with van der Waals surface area (Å²) in [5.41, 5.74) is -0.827. The van der Waals surface area contributed by atoms with E-state index in [0.717, 1.165) is 6.07 Å². The number of ether oxygens (including phenoxy) is 1. The molecule has 0 aliphatic carbocycles. The Labute approximate surface area is 174 Å². The molecule has 11 heteroatoms. The van der Waals surface area contributed by atoms with Gasteiger partial charge in [0.25, 0.3) is 5.91 Å². The number of hydrogen-bond donors (Lipinski definition) is 1. The van der Waals surface area contributed by atoms with Gasteiger partial charge in [0.2, 0.25) is 5.76 Å². The van der Waals surface area contributed by atoms with E-state index < -0.39 is 23.7 Å². The second-order valence-corrected chi connectivity index (χ2v) is 6.80. The number of amidine groups is 1. The topological polar surface area (TPSA) is 87.4 Å². The molecule has 0 radical (unpaired) electrons. The van der Waals surface area contributed by atoms with Gasteiger partial charge in [-0.3, -0.25) is 9.69 Å². The first-order valence-electron chi connectivity index (χ1n) is 9.31. The molecule has 162 valence electrons. The summed E-state index contributed by atoms with van der Waals surface area (Å²) in [5, 5.41) is 2.62. The van der Waals surface area contributed by atoms with Crippen LogP contribution in [0.1, 0.15) is 16.9 Å². The summed E-state index contributed by atoms with van der Waals surface area (Å²) in [6.07, 6.45) is -1.65. The van der Waals surface area contributed by atoms with Gasteiger partial charge in [-0.25, -0.2) is 4.79 Å². The van der Waals surface area contributed by atoms with E-state index in [9.17, 15) is 22.8 Å². The van der Waals surface area contributed by atoms with Crippen LogP contribution < -0.4 is 5.32 Å². The van der Waals surface area contributed by atoms with Crippen LogP contribution in [0.3, 0.4) is 0 Å². The number of furan rings is 1. The van der Waals surface area contributed by atoms with Crippen LogP contribution >= 0.6 is 0 Å². The van der Waals surface area contributed by atoms with Gasteiger partial charge in [0, 0.05) is 19.6 Å². The number of hydrogen-bond acceptors (Lipinski definition) is 5. The van der Waals surface area contributed by atoms with Crippen LogP contribution in [0.4, 0.5) is 18.0 Å². The third-order valence-corrected chi connectivity index (χ3v) is 4.70. The average molecular weight is 434 g/mol. The van der Waals surface area contributed by atoms with Gasteiger partial charge in [-0.05, 0) is 23.8 Å². The quantitative estimate of drug-likeness (QED) is 0.782. The van der Waals surface area contributed by atoms with Crippen LogP contribution in [-0.4, -0.2) is 40.8 Å².